The van der Waals surface area contributed by atoms with Crippen LogP contribution in [0.3, 0.4) is 0 Å². The lowest BCUT2D eigenvalue weighted by atomic mass is 9.58. The summed E-state index contributed by atoms with van der Waals surface area (Å²) >= 11 is 0. The van der Waals surface area contributed by atoms with E-state index >= 15 is 0 Å². The van der Waals surface area contributed by atoms with Gasteiger partial charge >= 0.3 is 6.09 Å². The van der Waals surface area contributed by atoms with Crippen LogP contribution < -0.4 is 0 Å². The molecule has 2 rings (SSSR count). The highest BCUT2D eigenvalue weighted by Crippen LogP contribution is 2.59. The van der Waals surface area contributed by atoms with E-state index in [0.29, 0.717) is 13.0 Å². The van der Waals surface area contributed by atoms with Crippen molar-refractivity contribution in [2.24, 2.45) is 10.8 Å². The van der Waals surface area contributed by atoms with Crippen molar-refractivity contribution < 1.29 is 15.0 Å². The Morgan fingerprint density at radius 2 is 2.07 bits per heavy atom. The fourth-order valence-corrected chi connectivity index (χ4v) is 3.26. The fraction of sp³-hybridized carbons (Fsp3) is 0.909. The van der Waals surface area contributed by atoms with Gasteiger partial charge in [-0.3, -0.25) is 0 Å². The van der Waals surface area contributed by atoms with Crippen LogP contribution in [0.25, 0.3) is 0 Å². The first-order chi connectivity index (χ1) is 6.78. The molecule has 2 aliphatic rings. The Morgan fingerprint density at radius 3 is 2.53 bits per heavy atom. The van der Waals surface area contributed by atoms with Crippen LogP contribution in [0.5, 0.6) is 0 Å². The summed E-state index contributed by atoms with van der Waals surface area (Å²) in [4.78, 5) is 12.4. The van der Waals surface area contributed by atoms with Gasteiger partial charge in [0.15, 0.2) is 0 Å². The second-order valence-electron chi connectivity index (χ2n) is 5.93. The SMILES string of the molecule is CC(C)(C)C12CC(O)CC1N(C(=O)O)C2. The molecule has 0 bridgehead atoms. The third kappa shape index (κ3) is 1.27. The van der Waals surface area contributed by atoms with Crippen molar-refractivity contribution in [2.75, 3.05) is 6.54 Å². The monoisotopic (exact) mass is 213 g/mol. The Kier molecular flexibility index (Phi) is 2.06. The second-order valence-corrected chi connectivity index (χ2v) is 5.93. The molecule has 3 unspecified atom stereocenters. The predicted octanol–water partition coefficient (Wildman–Crippen LogP) is 1.54. The maximum atomic E-state index is 10.9. The van der Waals surface area contributed by atoms with Gasteiger partial charge in [0.25, 0.3) is 0 Å². The van der Waals surface area contributed by atoms with Crippen molar-refractivity contribution in [2.45, 2.75) is 45.8 Å². The van der Waals surface area contributed by atoms with Crippen LogP contribution in [0.4, 0.5) is 4.79 Å². The number of aliphatic hydroxyl groups is 1. The zero-order chi connectivity index (χ0) is 11.4. The second kappa shape index (κ2) is 2.88. The molecule has 4 heteroatoms. The first kappa shape index (κ1) is 10.7. The van der Waals surface area contributed by atoms with E-state index in [9.17, 15) is 9.90 Å². The molecule has 2 N–H and O–H groups in total. The minimum Gasteiger partial charge on any atom is -0.465 e. The molecular formula is C11H19NO3. The van der Waals surface area contributed by atoms with Crippen molar-refractivity contribution >= 4 is 6.09 Å². The summed E-state index contributed by atoms with van der Waals surface area (Å²) in [5, 5.41) is 18.7. The van der Waals surface area contributed by atoms with E-state index in [0.717, 1.165) is 6.42 Å². The van der Waals surface area contributed by atoms with Gasteiger partial charge in [-0.1, -0.05) is 20.8 Å². The lowest BCUT2D eigenvalue weighted by Crippen LogP contribution is -2.68. The van der Waals surface area contributed by atoms with Crippen LogP contribution in [0.15, 0.2) is 0 Å². The third-order valence-electron chi connectivity index (χ3n) is 4.30. The number of carboxylic acid groups (broad SMARTS) is 1. The lowest BCUT2D eigenvalue weighted by Gasteiger charge is -2.59. The number of carbonyl (C=O) groups is 1. The topological polar surface area (TPSA) is 60.8 Å². The normalized spacial score (nSPS) is 39.9. The first-order valence-corrected chi connectivity index (χ1v) is 5.45. The van der Waals surface area contributed by atoms with Crippen LogP contribution >= 0.6 is 0 Å². The van der Waals surface area contributed by atoms with E-state index in [1.165, 1.54) is 4.90 Å². The van der Waals surface area contributed by atoms with Crippen molar-refractivity contribution in [1.29, 1.82) is 0 Å². The molecule has 0 aromatic heterocycles. The predicted molar refractivity (Wildman–Crippen MR) is 55.6 cm³/mol. The van der Waals surface area contributed by atoms with Crippen LogP contribution in [0, 0.1) is 10.8 Å². The number of hydrogen-bond donors (Lipinski definition) is 2. The Labute approximate surface area is 89.9 Å². The Hall–Kier alpha value is -0.770. The highest BCUT2D eigenvalue weighted by molar-refractivity contribution is 5.67. The summed E-state index contributed by atoms with van der Waals surface area (Å²) < 4.78 is 0. The highest BCUT2D eigenvalue weighted by Gasteiger charge is 2.64. The summed E-state index contributed by atoms with van der Waals surface area (Å²) in [7, 11) is 0. The average molecular weight is 213 g/mol. The highest BCUT2D eigenvalue weighted by atomic mass is 16.4. The van der Waals surface area contributed by atoms with E-state index in [1.54, 1.807) is 0 Å². The van der Waals surface area contributed by atoms with Crippen LogP contribution in [0.2, 0.25) is 0 Å². The molecule has 2 fully saturated rings. The van der Waals surface area contributed by atoms with Gasteiger partial charge in [-0.25, -0.2) is 4.79 Å². The molecule has 0 radical (unpaired) electrons. The number of amides is 1. The van der Waals surface area contributed by atoms with Crippen LogP contribution in [-0.2, 0) is 0 Å². The largest absolute Gasteiger partial charge is 0.465 e. The molecule has 1 saturated carbocycles. The van der Waals surface area contributed by atoms with Gasteiger partial charge in [0, 0.05) is 18.0 Å². The first-order valence-electron chi connectivity index (χ1n) is 5.45. The molecule has 1 aliphatic heterocycles. The fourth-order valence-electron chi connectivity index (χ4n) is 3.26. The van der Waals surface area contributed by atoms with E-state index in [4.69, 9.17) is 5.11 Å². The molecule has 1 aliphatic carbocycles. The molecule has 15 heavy (non-hydrogen) atoms. The van der Waals surface area contributed by atoms with Gasteiger partial charge < -0.3 is 15.1 Å². The number of likely N-dealkylation sites (tertiary alicyclic amines) is 1. The summed E-state index contributed by atoms with van der Waals surface area (Å²) in [6, 6.07) is 0.0185. The molecule has 1 heterocycles. The van der Waals surface area contributed by atoms with Gasteiger partial charge in [-0.05, 0) is 18.3 Å². The van der Waals surface area contributed by atoms with Crippen molar-refractivity contribution in [3.05, 3.63) is 0 Å². The van der Waals surface area contributed by atoms with E-state index < -0.39 is 6.09 Å². The standard InChI is InChI=1S/C11H19NO3/c1-10(2,3)11-5-7(13)4-8(11)12(6-11)9(14)15/h7-8,13H,4-6H2,1-3H3,(H,14,15). The van der Waals surface area contributed by atoms with E-state index in [1.807, 2.05) is 0 Å². The van der Waals surface area contributed by atoms with E-state index in [2.05, 4.69) is 20.8 Å². The quantitative estimate of drug-likeness (QED) is 0.641. The van der Waals surface area contributed by atoms with Gasteiger partial charge in [0.1, 0.15) is 0 Å². The zero-order valence-electron chi connectivity index (χ0n) is 9.53. The molecule has 3 atom stereocenters. The number of aliphatic hydroxyl groups excluding tert-OH is 1. The molecule has 0 aromatic carbocycles. The van der Waals surface area contributed by atoms with Gasteiger partial charge in [0.05, 0.1) is 6.10 Å². The van der Waals surface area contributed by atoms with Crippen LogP contribution in [0.1, 0.15) is 33.6 Å². The Morgan fingerprint density at radius 1 is 1.47 bits per heavy atom. The molecular weight excluding hydrogens is 194 g/mol. The summed E-state index contributed by atoms with van der Waals surface area (Å²) in [5.74, 6) is 0. The van der Waals surface area contributed by atoms with Gasteiger partial charge in [-0.2, -0.15) is 0 Å². The summed E-state index contributed by atoms with van der Waals surface area (Å²) in [6.45, 7) is 6.99. The molecule has 1 amide bonds. The average Bonchev–Trinajstić information content (AvgIpc) is 2.26. The number of nitrogens with zero attached hydrogens (tertiary/aromatic N) is 1. The van der Waals surface area contributed by atoms with Crippen molar-refractivity contribution in [1.82, 2.24) is 4.90 Å². The number of rotatable bonds is 0. The minimum absolute atomic E-state index is 0.00912. The van der Waals surface area contributed by atoms with Crippen molar-refractivity contribution in [3.8, 4) is 0 Å². The lowest BCUT2D eigenvalue weighted by molar-refractivity contribution is -0.104. The van der Waals surface area contributed by atoms with Crippen molar-refractivity contribution in [3.63, 3.8) is 0 Å². The molecule has 0 aromatic rings. The van der Waals surface area contributed by atoms with Gasteiger partial charge in [0.2, 0.25) is 0 Å². The smallest absolute Gasteiger partial charge is 0.407 e. The summed E-state index contributed by atoms with van der Waals surface area (Å²) in [6.07, 6.45) is 0.154. The zero-order valence-corrected chi connectivity index (χ0v) is 9.53. The minimum atomic E-state index is -0.853. The Bertz CT molecular complexity index is 297. The molecule has 0 spiro atoms. The molecule has 1 saturated heterocycles. The number of hydrogen-bond acceptors (Lipinski definition) is 2. The number of fused-ring (bicyclic) bond motifs is 1. The molecule has 86 valence electrons. The third-order valence-corrected chi connectivity index (χ3v) is 4.30. The Balaban J connectivity index is 2.25. The van der Waals surface area contributed by atoms with Crippen LogP contribution in [-0.4, -0.2) is 39.9 Å². The summed E-state index contributed by atoms with van der Waals surface area (Å²) in [5.41, 5.74) is 0.0475. The maximum Gasteiger partial charge on any atom is 0.407 e. The molecule has 4 nitrogen and oxygen atoms in total. The van der Waals surface area contributed by atoms with Gasteiger partial charge in [-0.15, -0.1) is 0 Å². The van der Waals surface area contributed by atoms with E-state index in [-0.39, 0.29) is 23.0 Å². The maximum absolute atomic E-state index is 10.9.